The van der Waals surface area contributed by atoms with Gasteiger partial charge < -0.3 is 5.11 Å². The highest BCUT2D eigenvalue weighted by Crippen LogP contribution is 2.22. The van der Waals surface area contributed by atoms with Crippen LogP contribution in [0.2, 0.25) is 0 Å². The first-order valence-electron chi connectivity index (χ1n) is 4.84. The van der Waals surface area contributed by atoms with E-state index >= 15 is 0 Å². The first-order valence-corrected chi connectivity index (χ1v) is 4.84. The van der Waals surface area contributed by atoms with Crippen LogP contribution in [0.25, 0.3) is 0 Å². The molecular formula is C11H20O2. The van der Waals surface area contributed by atoms with Crippen molar-refractivity contribution in [3.8, 4) is 0 Å². The molecule has 0 aromatic rings. The van der Waals surface area contributed by atoms with Crippen molar-refractivity contribution in [2.75, 3.05) is 0 Å². The van der Waals surface area contributed by atoms with Crippen LogP contribution in [0.1, 0.15) is 40.0 Å². The molecule has 0 rings (SSSR count). The van der Waals surface area contributed by atoms with Crippen LogP contribution in [0.15, 0.2) is 12.2 Å². The fourth-order valence-corrected chi connectivity index (χ4v) is 1.36. The Morgan fingerprint density at radius 3 is 2.62 bits per heavy atom. The Hall–Kier alpha value is -0.630. The van der Waals surface area contributed by atoms with Gasteiger partial charge in [-0.05, 0) is 31.8 Å². The molecule has 0 fully saturated rings. The van der Waals surface area contributed by atoms with Crippen LogP contribution in [-0.4, -0.2) is 17.0 Å². The molecule has 0 aliphatic heterocycles. The molecule has 0 spiro atoms. The largest absolute Gasteiger partial charge is 0.390 e. The summed E-state index contributed by atoms with van der Waals surface area (Å²) < 4.78 is 0. The highest BCUT2D eigenvalue weighted by molar-refractivity contribution is 5.64. The number of aliphatic hydroxyl groups is 1. The first kappa shape index (κ1) is 12.4. The summed E-state index contributed by atoms with van der Waals surface area (Å²) in [6.07, 6.45) is 6.30. The second kappa shape index (κ2) is 5.92. The summed E-state index contributed by atoms with van der Waals surface area (Å²) >= 11 is 0. The van der Waals surface area contributed by atoms with E-state index in [0.717, 1.165) is 19.1 Å². The zero-order valence-corrected chi connectivity index (χ0v) is 8.79. The van der Waals surface area contributed by atoms with Crippen LogP contribution in [0, 0.1) is 5.92 Å². The van der Waals surface area contributed by atoms with Crippen molar-refractivity contribution in [3.63, 3.8) is 0 Å². The molecule has 2 nitrogen and oxygen atoms in total. The summed E-state index contributed by atoms with van der Waals surface area (Å²) in [5.74, 6) is 0.527. The van der Waals surface area contributed by atoms with Crippen LogP contribution < -0.4 is 0 Å². The van der Waals surface area contributed by atoms with E-state index in [0.29, 0.717) is 12.3 Å². The van der Waals surface area contributed by atoms with Crippen LogP contribution in [0.3, 0.4) is 0 Å². The zero-order chi connectivity index (χ0) is 10.3. The smallest absolute Gasteiger partial charge is 0.142 e. The van der Waals surface area contributed by atoms with E-state index in [2.05, 4.69) is 13.8 Å². The van der Waals surface area contributed by atoms with Crippen molar-refractivity contribution in [3.05, 3.63) is 12.2 Å². The molecule has 2 unspecified atom stereocenters. The molecule has 0 radical (unpaired) electrons. The number of aldehydes is 1. The summed E-state index contributed by atoms with van der Waals surface area (Å²) in [6.45, 7) is 6.05. The van der Waals surface area contributed by atoms with Crippen molar-refractivity contribution in [2.24, 2.45) is 5.92 Å². The molecule has 0 amide bonds. The quantitative estimate of drug-likeness (QED) is 0.508. The van der Waals surface area contributed by atoms with Gasteiger partial charge in [0.15, 0.2) is 0 Å². The molecule has 0 saturated carbocycles. The third kappa shape index (κ3) is 6.52. The number of hydrogen-bond acceptors (Lipinski definition) is 2. The van der Waals surface area contributed by atoms with Crippen LogP contribution in [-0.2, 0) is 4.79 Å². The zero-order valence-electron chi connectivity index (χ0n) is 8.79. The molecule has 0 aliphatic rings. The predicted octanol–water partition coefficient (Wildman–Crippen LogP) is 2.32. The monoisotopic (exact) mass is 184 g/mol. The van der Waals surface area contributed by atoms with Crippen LogP contribution in [0.4, 0.5) is 0 Å². The van der Waals surface area contributed by atoms with Gasteiger partial charge >= 0.3 is 0 Å². The minimum atomic E-state index is -0.672. The lowest BCUT2D eigenvalue weighted by Crippen LogP contribution is -2.25. The Morgan fingerprint density at radius 1 is 1.54 bits per heavy atom. The Bertz CT molecular complexity index is 171. The maximum absolute atomic E-state index is 10.0. The van der Waals surface area contributed by atoms with Gasteiger partial charge in [-0.2, -0.15) is 0 Å². The maximum Gasteiger partial charge on any atom is 0.142 e. The minimum Gasteiger partial charge on any atom is -0.390 e. The molecule has 0 saturated heterocycles. The van der Waals surface area contributed by atoms with Crippen molar-refractivity contribution < 1.29 is 9.90 Å². The Kier molecular flexibility index (Phi) is 5.63. The second-order valence-corrected chi connectivity index (χ2v) is 3.98. The Balaban J connectivity index is 3.92. The molecule has 1 N–H and O–H groups in total. The molecule has 13 heavy (non-hydrogen) atoms. The van der Waals surface area contributed by atoms with Gasteiger partial charge in [0, 0.05) is 0 Å². The average molecular weight is 184 g/mol. The number of carbonyl (C=O) groups is 1. The molecule has 76 valence electrons. The third-order valence-corrected chi connectivity index (χ3v) is 2.26. The summed E-state index contributed by atoms with van der Waals surface area (Å²) in [4.78, 5) is 10.0. The highest BCUT2D eigenvalue weighted by Gasteiger charge is 2.20. The van der Waals surface area contributed by atoms with E-state index in [1.807, 2.05) is 6.92 Å². The number of hydrogen-bond donors (Lipinski definition) is 1. The van der Waals surface area contributed by atoms with Gasteiger partial charge in [-0.1, -0.05) is 26.3 Å². The van der Waals surface area contributed by atoms with E-state index in [1.165, 1.54) is 6.08 Å². The number of carbonyl (C=O) groups excluding carboxylic acids is 1. The molecule has 0 aromatic carbocycles. The van der Waals surface area contributed by atoms with Crippen molar-refractivity contribution in [1.82, 2.24) is 0 Å². The van der Waals surface area contributed by atoms with E-state index in [1.54, 1.807) is 6.08 Å². The number of allylic oxidation sites excluding steroid dienone is 1. The van der Waals surface area contributed by atoms with Gasteiger partial charge in [0.25, 0.3) is 0 Å². The van der Waals surface area contributed by atoms with Gasteiger partial charge in [-0.3, -0.25) is 4.79 Å². The standard InChI is InChI=1S/C11H20O2/c1-4-10(2)9-11(3,13)7-5-6-8-12/h5-6,8,10,13H,4,7,9H2,1-3H3/b6-5+. The molecule has 2 heteroatoms. The lowest BCUT2D eigenvalue weighted by molar-refractivity contribution is -0.104. The molecule has 2 atom stereocenters. The summed E-state index contributed by atoms with van der Waals surface area (Å²) in [5, 5.41) is 9.88. The molecule has 0 bridgehead atoms. The van der Waals surface area contributed by atoms with Gasteiger partial charge in [0.05, 0.1) is 5.60 Å². The highest BCUT2D eigenvalue weighted by atomic mass is 16.3. The summed E-state index contributed by atoms with van der Waals surface area (Å²) in [5.41, 5.74) is -0.672. The maximum atomic E-state index is 10.0. The van der Waals surface area contributed by atoms with Crippen molar-refractivity contribution in [2.45, 2.75) is 45.6 Å². The fraction of sp³-hybridized carbons (Fsp3) is 0.727. The molecule has 0 aromatic heterocycles. The Labute approximate surface area is 80.7 Å². The average Bonchev–Trinajstić information content (AvgIpc) is 2.03. The summed E-state index contributed by atoms with van der Waals surface area (Å²) in [6, 6.07) is 0. The molecule has 0 aliphatic carbocycles. The lowest BCUT2D eigenvalue weighted by atomic mass is 9.89. The SMILES string of the molecule is CCC(C)CC(C)(O)C/C=C/C=O. The van der Waals surface area contributed by atoms with E-state index in [9.17, 15) is 9.90 Å². The molecular weight excluding hydrogens is 164 g/mol. The predicted molar refractivity (Wildman–Crippen MR) is 54.5 cm³/mol. The van der Waals surface area contributed by atoms with Crippen LogP contribution >= 0.6 is 0 Å². The van der Waals surface area contributed by atoms with E-state index in [4.69, 9.17) is 0 Å². The van der Waals surface area contributed by atoms with Gasteiger partial charge in [-0.15, -0.1) is 0 Å². The Morgan fingerprint density at radius 2 is 2.15 bits per heavy atom. The van der Waals surface area contributed by atoms with Gasteiger partial charge in [0.1, 0.15) is 6.29 Å². The third-order valence-electron chi connectivity index (χ3n) is 2.26. The van der Waals surface area contributed by atoms with E-state index < -0.39 is 5.60 Å². The second-order valence-electron chi connectivity index (χ2n) is 3.98. The minimum absolute atomic E-state index is 0.527. The van der Waals surface area contributed by atoms with Gasteiger partial charge in [-0.25, -0.2) is 0 Å². The van der Waals surface area contributed by atoms with Crippen molar-refractivity contribution in [1.29, 1.82) is 0 Å². The lowest BCUT2D eigenvalue weighted by Gasteiger charge is -2.24. The number of rotatable bonds is 6. The first-order chi connectivity index (χ1) is 6.02. The normalized spacial score (nSPS) is 18.5. The summed E-state index contributed by atoms with van der Waals surface area (Å²) in [7, 11) is 0. The van der Waals surface area contributed by atoms with Crippen molar-refractivity contribution >= 4 is 6.29 Å². The van der Waals surface area contributed by atoms with Gasteiger partial charge in [0.2, 0.25) is 0 Å². The van der Waals surface area contributed by atoms with E-state index in [-0.39, 0.29) is 0 Å². The van der Waals surface area contributed by atoms with Crippen LogP contribution in [0.5, 0.6) is 0 Å². The molecule has 0 heterocycles. The topological polar surface area (TPSA) is 37.3 Å². The fourth-order valence-electron chi connectivity index (χ4n) is 1.36.